The normalized spacial score (nSPS) is 14.3. The second-order valence-corrected chi connectivity index (χ2v) is 19.0. The Labute approximate surface area is 380 Å². The second kappa shape index (κ2) is 21.0. The average Bonchev–Trinajstić information content (AvgIpc) is 3.92. The number of unbranched alkanes of at least 4 members (excludes halogenated alkanes) is 1. The number of rotatable bonds is 14. The summed E-state index contributed by atoms with van der Waals surface area (Å²) in [7, 11) is 1.31. The first-order valence-corrected chi connectivity index (χ1v) is 21.8. The highest BCUT2D eigenvalue weighted by atomic mass is 16.7. The van der Waals surface area contributed by atoms with Crippen LogP contribution in [-0.4, -0.2) is 127 Å². The Hall–Kier alpha value is -6.53. The van der Waals surface area contributed by atoms with Crippen molar-refractivity contribution in [2.45, 2.75) is 124 Å². The SMILES string of the molecule is COC(=O)[C@H](CCCCNC(=O)OC(C)(C)C)n1cc(-c2cc(C(=O)N3CCN(C(=O)OC(C)(C)C)CC3)cc(-c3cn([C@H](C)Cc4ccc(OC(=O)OC(C)(C)C)cc4)nn3)c2)nn1. The summed E-state index contributed by atoms with van der Waals surface area (Å²) < 4.78 is 29.7. The number of carbonyl (C=O) groups excluding carboxylic acids is 5. The maximum absolute atomic E-state index is 14.2. The summed E-state index contributed by atoms with van der Waals surface area (Å²) in [6.07, 6.45) is 3.79. The van der Waals surface area contributed by atoms with E-state index in [1.807, 2.05) is 45.9 Å². The van der Waals surface area contributed by atoms with Gasteiger partial charge in [0.1, 0.15) is 33.9 Å². The minimum Gasteiger partial charge on any atom is -0.467 e. The number of nitrogens with zero attached hydrogens (tertiary/aromatic N) is 8. The van der Waals surface area contributed by atoms with Crippen molar-refractivity contribution < 1.29 is 47.7 Å². The van der Waals surface area contributed by atoms with Gasteiger partial charge in [-0.05, 0) is 131 Å². The summed E-state index contributed by atoms with van der Waals surface area (Å²) in [6.45, 7) is 19.6. The molecule has 2 aromatic carbocycles. The number of alkyl carbamates (subject to hydrolysis) is 1. The summed E-state index contributed by atoms with van der Waals surface area (Å²) in [4.78, 5) is 67.5. The van der Waals surface area contributed by atoms with Crippen LogP contribution in [0.3, 0.4) is 0 Å². The van der Waals surface area contributed by atoms with E-state index in [0.717, 1.165) is 5.56 Å². The number of amides is 3. The minimum absolute atomic E-state index is 0.136. The number of hydrogen-bond acceptors (Lipinski definition) is 14. The standard InChI is InChI=1S/C46H63N9O10/c1-30(24-31-15-17-35(18-16-31)62-43(60)65-46(8,9)10)54-28-36(48-50-54)32-25-33(27-34(26-32)39(56)52-20-22-53(23-21-52)42(59)64-45(5,6)7)37-29-55(51-49-37)38(40(57)61-11)14-12-13-19-47-41(58)63-44(2,3)4/h15-18,25-30,38H,12-14,19-24H2,1-11H3,(H,47,58)/t30-,38+/m1/s1. The molecule has 65 heavy (non-hydrogen) atoms. The van der Waals surface area contributed by atoms with E-state index in [9.17, 15) is 24.0 Å². The number of methoxy groups -OCH3 is 1. The van der Waals surface area contributed by atoms with Gasteiger partial charge in [-0.2, -0.15) is 0 Å². The maximum atomic E-state index is 14.2. The molecule has 2 atom stereocenters. The van der Waals surface area contributed by atoms with Crippen molar-refractivity contribution in [2.24, 2.45) is 0 Å². The van der Waals surface area contributed by atoms with E-state index in [2.05, 4.69) is 25.9 Å². The number of piperazine rings is 1. The lowest BCUT2D eigenvalue weighted by molar-refractivity contribution is -0.145. The van der Waals surface area contributed by atoms with E-state index in [1.165, 1.54) is 11.8 Å². The summed E-state index contributed by atoms with van der Waals surface area (Å²) in [6, 6.07) is 11.5. The van der Waals surface area contributed by atoms with Crippen LogP contribution < -0.4 is 10.1 Å². The van der Waals surface area contributed by atoms with Gasteiger partial charge in [0.05, 0.1) is 25.5 Å². The quantitative estimate of drug-likeness (QED) is 0.0565. The summed E-state index contributed by atoms with van der Waals surface area (Å²) in [5, 5.41) is 20.4. The lowest BCUT2D eigenvalue weighted by Gasteiger charge is -2.35. The van der Waals surface area contributed by atoms with Gasteiger partial charge in [-0.25, -0.2) is 28.5 Å². The third kappa shape index (κ3) is 15.0. The van der Waals surface area contributed by atoms with E-state index in [0.29, 0.717) is 92.2 Å². The van der Waals surface area contributed by atoms with E-state index in [-0.39, 0.29) is 11.9 Å². The van der Waals surface area contributed by atoms with Crippen LogP contribution in [0.15, 0.2) is 54.9 Å². The summed E-state index contributed by atoms with van der Waals surface area (Å²) >= 11 is 0. The maximum Gasteiger partial charge on any atom is 0.514 e. The van der Waals surface area contributed by atoms with Gasteiger partial charge in [0, 0.05) is 49.4 Å². The van der Waals surface area contributed by atoms with Crippen molar-refractivity contribution in [3.8, 4) is 28.3 Å². The van der Waals surface area contributed by atoms with Gasteiger partial charge >= 0.3 is 24.3 Å². The molecule has 0 radical (unpaired) electrons. The lowest BCUT2D eigenvalue weighted by Crippen LogP contribution is -2.51. The van der Waals surface area contributed by atoms with Gasteiger partial charge in [0.2, 0.25) is 0 Å². The number of hydrogen-bond donors (Lipinski definition) is 1. The van der Waals surface area contributed by atoms with Crippen molar-refractivity contribution in [1.29, 1.82) is 0 Å². The molecule has 0 saturated carbocycles. The molecule has 4 aromatic rings. The van der Waals surface area contributed by atoms with Crippen LogP contribution in [0.25, 0.3) is 22.5 Å². The molecule has 0 aliphatic carbocycles. The first kappa shape index (κ1) is 49.5. The van der Waals surface area contributed by atoms with Crippen LogP contribution in [0, 0.1) is 0 Å². The van der Waals surface area contributed by atoms with Gasteiger partial charge in [0.25, 0.3) is 5.91 Å². The molecule has 1 saturated heterocycles. The molecule has 0 unspecified atom stereocenters. The van der Waals surface area contributed by atoms with Crippen LogP contribution in [-0.2, 0) is 30.2 Å². The zero-order chi connectivity index (χ0) is 47.7. The predicted octanol–water partition coefficient (Wildman–Crippen LogP) is 7.42. The van der Waals surface area contributed by atoms with Gasteiger partial charge in [-0.15, -0.1) is 10.2 Å². The first-order valence-electron chi connectivity index (χ1n) is 21.8. The Bertz CT molecular complexity index is 2280. The Balaban J connectivity index is 1.36. The second-order valence-electron chi connectivity index (χ2n) is 19.0. The smallest absolute Gasteiger partial charge is 0.467 e. The monoisotopic (exact) mass is 901 g/mol. The highest BCUT2D eigenvalue weighted by Crippen LogP contribution is 2.30. The van der Waals surface area contributed by atoms with Crippen molar-refractivity contribution in [2.75, 3.05) is 39.8 Å². The molecular weight excluding hydrogens is 839 g/mol. The van der Waals surface area contributed by atoms with E-state index < -0.39 is 47.2 Å². The lowest BCUT2D eigenvalue weighted by atomic mass is 10.0. The number of benzene rings is 2. The van der Waals surface area contributed by atoms with Crippen molar-refractivity contribution in [3.63, 3.8) is 0 Å². The average molecular weight is 902 g/mol. The Morgan fingerprint density at radius 3 is 1.83 bits per heavy atom. The summed E-state index contributed by atoms with van der Waals surface area (Å²) in [5.41, 5.74) is 1.43. The van der Waals surface area contributed by atoms with Crippen molar-refractivity contribution in [1.82, 2.24) is 45.1 Å². The molecule has 0 bridgehead atoms. The highest BCUT2D eigenvalue weighted by Gasteiger charge is 2.30. The fourth-order valence-electron chi connectivity index (χ4n) is 6.79. The topological polar surface area (TPSA) is 211 Å². The molecule has 1 fully saturated rings. The van der Waals surface area contributed by atoms with Gasteiger partial charge in [-0.1, -0.05) is 22.6 Å². The van der Waals surface area contributed by atoms with Crippen LogP contribution in [0.5, 0.6) is 5.75 Å². The molecule has 352 valence electrons. The van der Waals surface area contributed by atoms with E-state index in [1.54, 1.807) is 92.7 Å². The number of esters is 1. The van der Waals surface area contributed by atoms with Crippen molar-refractivity contribution >= 4 is 30.2 Å². The number of carbonyl (C=O) groups is 5. The molecule has 2 aromatic heterocycles. The molecule has 5 rings (SSSR count). The molecule has 1 aliphatic heterocycles. The number of nitrogens with one attached hydrogen (secondary N) is 1. The number of ether oxygens (including phenoxy) is 5. The molecule has 1 aliphatic rings. The first-order chi connectivity index (χ1) is 30.5. The van der Waals surface area contributed by atoms with Gasteiger partial charge in [0.15, 0.2) is 6.04 Å². The van der Waals surface area contributed by atoms with Crippen LogP contribution in [0.2, 0.25) is 0 Å². The molecule has 1 N–H and O–H groups in total. The van der Waals surface area contributed by atoms with Crippen LogP contribution in [0.4, 0.5) is 14.4 Å². The molecule has 0 spiro atoms. The van der Waals surface area contributed by atoms with Crippen LogP contribution >= 0.6 is 0 Å². The fourth-order valence-corrected chi connectivity index (χ4v) is 6.79. The third-order valence-corrected chi connectivity index (χ3v) is 9.87. The predicted molar refractivity (Wildman–Crippen MR) is 239 cm³/mol. The molecule has 3 amide bonds. The minimum atomic E-state index is -0.802. The Morgan fingerprint density at radius 1 is 0.708 bits per heavy atom. The molecule has 3 heterocycles. The van der Waals surface area contributed by atoms with Crippen molar-refractivity contribution in [3.05, 3.63) is 66.0 Å². The zero-order valence-electron chi connectivity index (χ0n) is 39.4. The highest BCUT2D eigenvalue weighted by molar-refractivity contribution is 5.97. The third-order valence-electron chi connectivity index (χ3n) is 9.87. The van der Waals surface area contributed by atoms with E-state index >= 15 is 0 Å². The van der Waals surface area contributed by atoms with Gasteiger partial charge in [-0.3, -0.25) is 4.79 Å². The van der Waals surface area contributed by atoms with E-state index in [4.69, 9.17) is 23.7 Å². The van der Waals surface area contributed by atoms with Crippen LogP contribution in [0.1, 0.15) is 117 Å². The molecular formula is C46H63N9O10. The fraction of sp³-hybridized carbons (Fsp3) is 0.543. The molecule has 19 nitrogen and oxygen atoms in total. The Kier molecular flexibility index (Phi) is 16.0. The summed E-state index contributed by atoms with van der Waals surface area (Å²) in [5.74, 6) is -0.400. The largest absolute Gasteiger partial charge is 0.514 e. The number of aromatic nitrogens is 6. The Morgan fingerprint density at radius 2 is 1.26 bits per heavy atom. The van der Waals surface area contributed by atoms with Gasteiger partial charge < -0.3 is 38.8 Å². The zero-order valence-corrected chi connectivity index (χ0v) is 39.4. The molecule has 19 heteroatoms.